The minimum absolute atomic E-state index is 0.0249. The Morgan fingerprint density at radius 1 is 1.26 bits per heavy atom. The molecule has 0 aliphatic heterocycles. The van der Waals surface area contributed by atoms with E-state index in [0.29, 0.717) is 12.5 Å². The van der Waals surface area contributed by atoms with E-state index in [-0.39, 0.29) is 18.5 Å². The first-order chi connectivity index (χ1) is 9.04. The maximum atomic E-state index is 11.8. The molecule has 1 aromatic rings. The van der Waals surface area contributed by atoms with Crippen LogP contribution >= 0.6 is 0 Å². The maximum Gasteiger partial charge on any atom is 0.239 e. The molecule has 0 bridgehead atoms. The van der Waals surface area contributed by atoms with E-state index in [9.17, 15) is 4.79 Å². The molecule has 1 aromatic carbocycles. The zero-order valence-corrected chi connectivity index (χ0v) is 12.2. The van der Waals surface area contributed by atoms with Gasteiger partial charge < -0.3 is 15.4 Å². The largest absolute Gasteiger partial charge is 0.383 e. The van der Waals surface area contributed by atoms with E-state index in [1.807, 2.05) is 25.1 Å². The van der Waals surface area contributed by atoms with Gasteiger partial charge in [-0.2, -0.15) is 0 Å². The van der Waals surface area contributed by atoms with Crippen molar-refractivity contribution >= 4 is 11.6 Å². The van der Waals surface area contributed by atoms with Gasteiger partial charge in [0.1, 0.15) is 0 Å². The summed E-state index contributed by atoms with van der Waals surface area (Å²) >= 11 is 0. The van der Waals surface area contributed by atoms with Gasteiger partial charge in [-0.15, -0.1) is 0 Å². The van der Waals surface area contributed by atoms with Crippen molar-refractivity contribution in [3.63, 3.8) is 0 Å². The molecule has 2 N–H and O–H groups in total. The van der Waals surface area contributed by atoms with Gasteiger partial charge in [0.15, 0.2) is 0 Å². The van der Waals surface area contributed by atoms with Crippen LogP contribution in [0.4, 0.5) is 5.69 Å². The molecule has 4 heteroatoms. The SMILES string of the molecule is COC[C@H](C)NC(=O)CNc1ccccc1C(C)C. The first-order valence-corrected chi connectivity index (χ1v) is 6.65. The van der Waals surface area contributed by atoms with Gasteiger partial charge in [-0.3, -0.25) is 4.79 Å². The molecule has 0 aliphatic carbocycles. The highest BCUT2D eigenvalue weighted by Crippen LogP contribution is 2.23. The normalized spacial score (nSPS) is 12.3. The third-order valence-electron chi connectivity index (χ3n) is 2.85. The summed E-state index contributed by atoms with van der Waals surface area (Å²) in [5, 5.41) is 6.06. The highest BCUT2D eigenvalue weighted by atomic mass is 16.5. The molecule has 0 unspecified atom stereocenters. The standard InChI is InChI=1S/C15H24N2O2/c1-11(2)13-7-5-6-8-14(13)16-9-15(18)17-12(3)10-19-4/h5-8,11-12,16H,9-10H2,1-4H3,(H,17,18)/t12-/m0/s1. The van der Waals surface area contributed by atoms with Crippen molar-refractivity contribution in [1.82, 2.24) is 5.32 Å². The Bertz CT molecular complexity index is 405. The van der Waals surface area contributed by atoms with Crippen molar-refractivity contribution in [2.24, 2.45) is 0 Å². The van der Waals surface area contributed by atoms with Crippen molar-refractivity contribution in [3.8, 4) is 0 Å². The first kappa shape index (κ1) is 15.5. The molecule has 0 saturated heterocycles. The van der Waals surface area contributed by atoms with Crippen molar-refractivity contribution in [2.75, 3.05) is 25.6 Å². The van der Waals surface area contributed by atoms with Gasteiger partial charge in [0, 0.05) is 18.8 Å². The summed E-state index contributed by atoms with van der Waals surface area (Å²) in [6.07, 6.45) is 0. The summed E-state index contributed by atoms with van der Waals surface area (Å²) in [7, 11) is 1.62. The number of ether oxygens (including phenoxy) is 1. The van der Waals surface area contributed by atoms with Crippen LogP contribution in [0.25, 0.3) is 0 Å². The molecule has 0 aromatic heterocycles. The maximum absolute atomic E-state index is 11.8. The van der Waals surface area contributed by atoms with Gasteiger partial charge in [0.25, 0.3) is 0 Å². The molecule has 1 rings (SSSR count). The molecule has 106 valence electrons. The average Bonchev–Trinajstić information content (AvgIpc) is 2.36. The van der Waals surface area contributed by atoms with E-state index in [0.717, 1.165) is 5.69 Å². The topological polar surface area (TPSA) is 50.4 Å². The van der Waals surface area contributed by atoms with Crippen molar-refractivity contribution in [3.05, 3.63) is 29.8 Å². The van der Waals surface area contributed by atoms with E-state index in [1.54, 1.807) is 7.11 Å². The van der Waals surface area contributed by atoms with E-state index >= 15 is 0 Å². The Hall–Kier alpha value is -1.55. The van der Waals surface area contributed by atoms with Crippen LogP contribution in [0, 0.1) is 0 Å². The fraction of sp³-hybridized carbons (Fsp3) is 0.533. The summed E-state index contributed by atoms with van der Waals surface area (Å²) in [5.41, 5.74) is 2.24. The van der Waals surface area contributed by atoms with E-state index in [2.05, 4.69) is 30.5 Å². The summed E-state index contributed by atoms with van der Waals surface area (Å²) in [6, 6.07) is 8.10. The molecule has 0 aliphatic rings. The van der Waals surface area contributed by atoms with Crippen molar-refractivity contribution in [2.45, 2.75) is 32.7 Å². The van der Waals surface area contributed by atoms with E-state index in [4.69, 9.17) is 4.74 Å². The van der Waals surface area contributed by atoms with E-state index < -0.39 is 0 Å². The molecule has 0 fully saturated rings. The Balaban J connectivity index is 2.50. The molecular formula is C15H24N2O2. The fourth-order valence-corrected chi connectivity index (χ4v) is 1.95. The molecule has 0 radical (unpaired) electrons. The van der Waals surface area contributed by atoms with Crippen LogP contribution in [0.2, 0.25) is 0 Å². The summed E-state index contributed by atoms with van der Waals surface area (Å²) in [4.78, 5) is 11.8. The fourth-order valence-electron chi connectivity index (χ4n) is 1.95. The predicted molar refractivity (Wildman–Crippen MR) is 78.5 cm³/mol. The van der Waals surface area contributed by atoms with E-state index in [1.165, 1.54) is 5.56 Å². The Labute approximate surface area is 115 Å². The first-order valence-electron chi connectivity index (χ1n) is 6.65. The number of amides is 1. The van der Waals surface area contributed by atoms with Crippen LogP contribution in [0.5, 0.6) is 0 Å². The van der Waals surface area contributed by atoms with Crippen molar-refractivity contribution < 1.29 is 9.53 Å². The number of methoxy groups -OCH3 is 1. The van der Waals surface area contributed by atoms with Gasteiger partial charge >= 0.3 is 0 Å². The van der Waals surface area contributed by atoms with Gasteiger partial charge in [0.2, 0.25) is 5.91 Å². The third-order valence-corrected chi connectivity index (χ3v) is 2.85. The van der Waals surface area contributed by atoms with Crippen LogP contribution in [0.3, 0.4) is 0 Å². The zero-order chi connectivity index (χ0) is 14.3. The Morgan fingerprint density at radius 3 is 2.58 bits per heavy atom. The molecule has 4 nitrogen and oxygen atoms in total. The number of rotatable bonds is 7. The lowest BCUT2D eigenvalue weighted by Gasteiger charge is -2.16. The van der Waals surface area contributed by atoms with Crippen LogP contribution in [0.1, 0.15) is 32.3 Å². The number of para-hydroxylation sites is 1. The molecule has 0 heterocycles. The van der Waals surface area contributed by atoms with Crippen LogP contribution in [-0.2, 0) is 9.53 Å². The Kier molecular flexibility index (Phi) is 6.36. The van der Waals surface area contributed by atoms with Crippen LogP contribution < -0.4 is 10.6 Å². The second-order valence-corrected chi connectivity index (χ2v) is 5.02. The Morgan fingerprint density at radius 2 is 1.95 bits per heavy atom. The number of anilines is 1. The highest BCUT2D eigenvalue weighted by molar-refractivity contribution is 5.81. The van der Waals surface area contributed by atoms with Crippen LogP contribution in [-0.4, -0.2) is 32.2 Å². The predicted octanol–water partition coefficient (Wildman–Crippen LogP) is 2.37. The minimum Gasteiger partial charge on any atom is -0.383 e. The number of nitrogens with one attached hydrogen (secondary N) is 2. The summed E-state index contributed by atoms with van der Waals surface area (Å²) < 4.78 is 4.98. The molecule has 1 amide bonds. The minimum atomic E-state index is -0.0249. The molecule has 19 heavy (non-hydrogen) atoms. The quantitative estimate of drug-likeness (QED) is 0.795. The lowest BCUT2D eigenvalue weighted by molar-refractivity contribution is -0.120. The summed E-state index contributed by atoms with van der Waals surface area (Å²) in [5.74, 6) is 0.405. The summed E-state index contributed by atoms with van der Waals surface area (Å²) in [6.45, 7) is 7.00. The third kappa shape index (κ3) is 5.30. The lowest BCUT2D eigenvalue weighted by Crippen LogP contribution is -2.39. The van der Waals surface area contributed by atoms with Gasteiger partial charge in [-0.1, -0.05) is 32.0 Å². The second-order valence-electron chi connectivity index (χ2n) is 5.02. The smallest absolute Gasteiger partial charge is 0.239 e. The number of hydrogen-bond donors (Lipinski definition) is 2. The second kappa shape index (κ2) is 7.79. The molecule has 0 spiro atoms. The number of benzene rings is 1. The van der Waals surface area contributed by atoms with Crippen molar-refractivity contribution in [1.29, 1.82) is 0 Å². The number of carbonyl (C=O) groups is 1. The number of carbonyl (C=O) groups excluding carboxylic acids is 1. The molecular weight excluding hydrogens is 240 g/mol. The van der Waals surface area contributed by atoms with Gasteiger partial charge in [-0.25, -0.2) is 0 Å². The lowest BCUT2D eigenvalue weighted by atomic mass is 10.0. The van der Waals surface area contributed by atoms with Gasteiger partial charge in [-0.05, 0) is 24.5 Å². The molecule has 1 atom stereocenters. The monoisotopic (exact) mass is 264 g/mol. The molecule has 0 saturated carbocycles. The highest BCUT2D eigenvalue weighted by Gasteiger charge is 2.09. The van der Waals surface area contributed by atoms with Gasteiger partial charge in [0.05, 0.1) is 13.2 Å². The average molecular weight is 264 g/mol. The zero-order valence-electron chi connectivity index (χ0n) is 12.2. The van der Waals surface area contributed by atoms with Crippen LogP contribution in [0.15, 0.2) is 24.3 Å². The number of hydrogen-bond acceptors (Lipinski definition) is 3.